The average Bonchev–Trinajstić information content (AvgIpc) is 2.21. The first kappa shape index (κ1) is 14.0. The van der Waals surface area contributed by atoms with Gasteiger partial charge in [0.05, 0.1) is 0 Å². The van der Waals surface area contributed by atoms with E-state index < -0.39 is 12.0 Å². The smallest absolute Gasteiger partial charge is 0.326 e. The van der Waals surface area contributed by atoms with Gasteiger partial charge >= 0.3 is 5.97 Å². The molecule has 1 heterocycles. The molecule has 5 heteroatoms. The molecule has 0 saturated carbocycles. The quantitative estimate of drug-likeness (QED) is 0.632. The molecule has 0 aliphatic carbocycles. The molecule has 3 unspecified atom stereocenters. The van der Waals surface area contributed by atoms with Crippen molar-refractivity contribution >= 4 is 11.9 Å². The van der Waals surface area contributed by atoms with Gasteiger partial charge in [0.25, 0.3) is 0 Å². The van der Waals surface area contributed by atoms with Gasteiger partial charge in [-0.1, -0.05) is 27.2 Å². The summed E-state index contributed by atoms with van der Waals surface area (Å²) in [7, 11) is 0. The van der Waals surface area contributed by atoms with Gasteiger partial charge in [0, 0.05) is 5.92 Å². The summed E-state index contributed by atoms with van der Waals surface area (Å²) in [6.07, 6.45) is 0.733. The van der Waals surface area contributed by atoms with Crippen LogP contribution in [0.4, 0.5) is 0 Å². The second kappa shape index (κ2) is 6.00. The second-order valence-electron chi connectivity index (χ2n) is 4.92. The topological polar surface area (TPSA) is 78.4 Å². The Labute approximate surface area is 102 Å². The Balaban J connectivity index is 2.53. The van der Waals surface area contributed by atoms with Gasteiger partial charge < -0.3 is 15.7 Å². The molecule has 0 spiro atoms. The lowest BCUT2D eigenvalue weighted by Gasteiger charge is -2.32. The fourth-order valence-corrected chi connectivity index (χ4v) is 1.85. The average molecular weight is 242 g/mol. The van der Waals surface area contributed by atoms with E-state index >= 15 is 0 Å². The van der Waals surface area contributed by atoms with Crippen LogP contribution in [0.2, 0.25) is 0 Å². The molecule has 1 aliphatic rings. The van der Waals surface area contributed by atoms with Crippen LogP contribution in [0.3, 0.4) is 0 Å². The molecule has 1 saturated heterocycles. The zero-order valence-corrected chi connectivity index (χ0v) is 10.7. The van der Waals surface area contributed by atoms with E-state index in [1.54, 1.807) is 0 Å². The van der Waals surface area contributed by atoms with Crippen LogP contribution in [-0.4, -0.2) is 36.1 Å². The van der Waals surface area contributed by atoms with Crippen molar-refractivity contribution in [3.8, 4) is 0 Å². The highest BCUT2D eigenvalue weighted by Gasteiger charge is 2.32. The first-order chi connectivity index (χ1) is 7.97. The molecule has 0 aromatic carbocycles. The minimum absolute atomic E-state index is 0.0526. The number of hydrogen-bond acceptors (Lipinski definition) is 3. The Hall–Kier alpha value is -1.10. The number of rotatable bonds is 6. The van der Waals surface area contributed by atoms with Crippen LogP contribution in [-0.2, 0) is 9.59 Å². The van der Waals surface area contributed by atoms with E-state index in [9.17, 15) is 9.59 Å². The summed E-state index contributed by atoms with van der Waals surface area (Å²) in [5.74, 6) is -0.942. The Morgan fingerprint density at radius 3 is 2.35 bits per heavy atom. The van der Waals surface area contributed by atoms with Gasteiger partial charge in [0.2, 0.25) is 5.91 Å². The number of carbonyl (C=O) groups is 2. The molecule has 3 N–H and O–H groups in total. The van der Waals surface area contributed by atoms with Gasteiger partial charge in [-0.3, -0.25) is 4.79 Å². The zero-order valence-electron chi connectivity index (χ0n) is 10.7. The van der Waals surface area contributed by atoms with Crippen molar-refractivity contribution in [2.45, 2.75) is 33.2 Å². The standard InChI is InChI=1S/C12H22N2O3/c1-4-7(2)10(12(16)17)14-11(15)8(3)9-5-13-6-9/h7-10,13H,4-6H2,1-3H3,(H,14,15)(H,16,17). The summed E-state index contributed by atoms with van der Waals surface area (Å²) in [5, 5.41) is 14.8. The third-order valence-corrected chi connectivity index (χ3v) is 3.71. The lowest BCUT2D eigenvalue weighted by Crippen LogP contribution is -2.53. The minimum Gasteiger partial charge on any atom is -0.480 e. The van der Waals surface area contributed by atoms with Crippen molar-refractivity contribution in [3.05, 3.63) is 0 Å². The normalized spacial score (nSPS) is 21.1. The molecular weight excluding hydrogens is 220 g/mol. The predicted molar refractivity (Wildman–Crippen MR) is 64.5 cm³/mol. The number of carboxylic acids is 1. The van der Waals surface area contributed by atoms with E-state index in [1.165, 1.54) is 0 Å². The van der Waals surface area contributed by atoms with Crippen LogP contribution >= 0.6 is 0 Å². The van der Waals surface area contributed by atoms with Gasteiger partial charge in [-0.2, -0.15) is 0 Å². The first-order valence-corrected chi connectivity index (χ1v) is 6.21. The molecule has 98 valence electrons. The fourth-order valence-electron chi connectivity index (χ4n) is 1.85. The maximum atomic E-state index is 11.9. The highest BCUT2D eigenvalue weighted by Crippen LogP contribution is 2.17. The van der Waals surface area contributed by atoms with Crippen molar-refractivity contribution in [1.29, 1.82) is 0 Å². The SMILES string of the molecule is CCC(C)C(NC(=O)C(C)C1CNC1)C(=O)O. The van der Waals surface area contributed by atoms with Crippen molar-refractivity contribution in [1.82, 2.24) is 10.6 Å². The lowest BCUT2D eigenvalue weighted by molar-refractivity contribution is -0.144. The Morgan fingerprint density at radius 1 is 1.41 bits per heavy atom. The molecule has 1 amide bonds. The Bertz CT molecular complexity index is 289. The van der Waals surface area contributed by atoms with Crippen LogP contribution in [0.5, 0.6) is 0 Å². The van der Waals surface area contributed by atoms with Crippen molar-refractivity contribution < 1.29 is 14.7 Å². The highest BCUT2D eigenvalue weighted by molar-refractivity contribution is 5.85. The third-order valence-electron chi connectivity index (χ3n) is 3.71. The first-order valence-electron chi connectivity index (χ1n) is 6.21. The summed E-state index contributed by atoms with van der Waals surface area (Å²) < 4.78 is 0. The molecule has 0 aromatic rings. The molecule has 1 fully saturated rings. The summed E-state index contributed by atoms with van der Waals surface area (Å²) in [4.78, 5) is 23.0. The summed E-state index contributed by atoms with van der Waals surface area (Å²) in [6.45, 7) is 7.31. The minimum atomic E-state index is -0.952. The molecule has 0 bridgehead atoms. The Morgan fingerprint density at radius 2 is 2.00 bits per heavy atom. The van der Waals surface area contributed by atoms with Crippen LogP contribution in [0.15, 0.2) is 0 Å². The van der Waals surface area contributed by atoms with Gasteiger partial charge in [-0.05, 0) is 24.9 Å². The highest BCUT2D eigenvalue weighted by atomic mass is 16.4. The van der Waals surface area contributed by atoms with Crippen LogP contribution < -0.4 is 10.6 Å². The second-order valence-corrected chi connectivity index (χ2v) is 4.92. The van der Waals surface area contributed by atoms with E-state index in [0.717, 1.165) is 19.5 Å². The third kappa shape index (κ3) is 3.43. The summed E-state index contributed by atoms with van der Waals surface area (Å²) in [5.41, 5.74) is 0. The molecule has 5 nitrogen and oxygen atoms in total. The van der Waals surface area contributed by atoms with Gasteiger partial charge in [-0.25, -0.2) is 4.79 Å². The molecule has 3 atom stereocenters. The predicted octanol–water partition coefficient (Wildman–Crippen LogP) is 0.457. The van der Waals surface area contributed by atoms with Crippen molar-refractivity contribution in [2.24, 2.45) is 17.8 Å². The molecular formula is C12H22N2O3. The van der Waals surface area contributed by atoms with Crippen LogP contribution in [0.1, 0.15) is 27.2 Å². The summed E-state index contributed by atoms with van der Waals surface area (Å²) >= 11 is 0. The van der Waals surface area contributed by atoms with E-state index in [-0.39, 0.29) is 17.7 Å². The van der Waals surface area contributed by atoms with Crippen LogP contribution in [0, 0.1) is 17.8 Å². The van der Waals surface area contributed by atoms with E-state index in [0.29, 0.717) is 5.92 Å². The monoisotopic (exact) mass is 242 g/mol. The number of hydrogen-bond donors (Lipinski definition) is 3. The van der Waals surface area contributed by atoms with Crippen molar-refractivity contribution in [3.63, 3.8) is 0 Å². The van der Waals surface area contributed by atoms with Crippen LogP contribution in [0.25, 0.3) is 0 Å². The van der Waals surface area contributed by atoms with E-state index in [1.807, 2.05) is 20.8 Å². The van der Waals surface area contributed by atoms with Gasteiger partial charge in [0.1, 0.15) is 6.04 Å². The van der Waals surface area contributed by atoms with Gasteiger partial charge in [0.15, 0.2) is 0 Å². The Kier molecular flexibility index (Phi) is 4.93. The zero-order chi connectivity index (χ0) is 13.0. The molecule has 1 rings (SSSR count). The van der Waals surface area contributed by atoms with E-state index in [2.05, 4.69) is 10.6 Å². The van der Waals surface area contributed by atoms with Gasteiger partial charge in [-0.15, -0.1) is 0 Å². The molecule has 0 radical (unpaired) electrons. The lowest BCUT2D eigenvalue weighted by atomic mass is 9.87. The molecule has 17 heavy (non-hydrogen) atoms. The maximum Gasteiger partial charge on any atom is 0.326 e. The number of aliphatic carboxylic acids is 1. The molecule has 0 aromatic heterocycles. The number of amides is 1. The molecule has 1 aliphatic heterocycles. The summed E-state index contributed by atoms with van der Waals surface area (Å²) in [6, 6.07) is -0.775. The number of nitrogens with one attached hydrogen (secondary N) is 2. The number of carboxylic acid groups (broad SMARTS) is 1. The maximum absolute atomic E-state index is 11.9. The number of carbonyl (C=O) groups excluding carboxylic acids is 1. The largest absolute Gasteiger partial charge is 0.480 e. The van der Waals surface area contributed by atoms with E-state index in [4.69, 9.17) is 5.11 Å². The fraction of sp³-hybridized carbons (Fsp3) is 0.833. The van der Waals surface area contributed by atoms with Crippen molar-refractivity contribution in [2.75, 3.05) is 13.1 Å².